The highest BCUT2D eigenvalue weighted by Crippen LogP contribution is 2.69. The molecule has 3 atom stereocenters. The van der Waals surface area contributed by atoms with Gasteiger partial charge in [0.05, 0.1) is 0 Å². The lowest BCUT2D eigenvalue weighted by molar-refractivity contribution is -0.526. The Bertz CT molecular complexity index is 394. The van der Waals surface area contributed by atoms with Crippen LogP contribution in [0.15, 0.2) is 0 Å². The fraction of sp³-hybridized carbons (Fsp3) is 1.00. The van der Waals surface area contributed by atoms with Gasteiger partial charge in [0.1, 0.15) is 0 Å². The third kappa shape index (κ3) is 2.72. The van der Waals surface area contributed by atoms with Crippen LogP contribution in [0.4, 0.5) is 0 Å². The molecule has 19 heavy (non-hydrogen) atoms. The maximum atomic E-state index is 13.1. The smallest absolute Gasteiger partial charge is 0.213 e. The summed E-state index contributed by atoms with van der Waals surface area (Å²) in [6, 6.07) is 0.0237. The van der Waals surface area contributed by atoms with E-state index < -0.39 is 12.5 Å². The van der Waals surface area contributed by atoms with Crippen molar-refractivity contribution in [3.05, 3.63) is 10.1 Å². The minimum absolute atomic E-state index is 0.166. The minimum Gasteiger partial charge on any atom is -0.295 e. The zero-order chi connectivity index (χ0) is 13.5. The fourth-order valence-corrected chi connectivity index (χ4v) is 10.7. The molecule has 3 rings (SSSR count). The Morgan fingerprint density at radius 3 is 2.42 bits per heavy atom. The second-order valence-electron chi connectivity index (χ2n) is 6.01. The van der Waals surface area contributed by atoms with Gasteiger partial charge in [0.2, 0.25) is 12.5 Å². The van der Waals surface area contributed by atoms with Crippen molar-refractivity contribution in [3.8, 4) is 0 Å². The van der Waals surface area contributed by atoms with Crippen molar-refractivity contribution < 1.29 is 9.49 Å². The first kappa shape index (κ1) is 13.9. The van der Waals surface area contributed by atoms with E-state index in [1.54, 1.807) is 11.4 Å². The lowest BCUT2D eigenvalue weighted by Crippen LogP contribution is -2.34. The second-order valence-corrected chi connectivity index (χ2v) is 11.3. The fourth-order valence-electron chi connectivity index (χ4n) is 3.63. The van der Waals surface area contributed by atoms with Crippen molar-refractivity contribution in [1.82, 2.24) is 5.09 Å². The van der Waals surface area contributed by atoms with Crippen LogP contribution >= 0.6 is 17.9 Å². The monoisotopic (exact) mass is 304 g/mol. The Kier molecular flexibility index (Phi) is 3.93. The number of fused-ring (bicyclic) bond motifs is 1. The van der Waals surface area contributed by atoms with E-state index in [0.29, 0.717) is 24.1 Å². The van der Waals surface area contributed by atoms with Gasteiger partial charge in [-0.25, -0.2) is 0 Å². The molecule has 7 heteroatoms. The summed E-state index contributed by atoms with van der Waals surface area (Å²) < 4.78 is 13.1. The SMILES string of the molecule is O=[N+]([O-])C1CCC(P2(=O)NC3CCCCC3S2)CC1. The van der Waals surface area contributed by atoms with Gasteiger partial charge < -0.3 is 0 Å². The summed E-state index contributed by atoms with van der Waals surface area (Å²) in [5.41, 5.74) is 0.166. The van der Waals surface area contributed by atoms with Gasteiger partial charge in [-0.05, 0) is 25.7 Å². The molecule has 1 aliphatic heterocycles. The molecule has 3 unspecified atom stereocenters. The molecule has 108 valence electrons. The molecule has 0 spiro atoms. The number of hydrogen-bond acceptors (Lipinski definition) is 4. The molecular formula is C12H21N2O3PS. The van der Waals surface area contributed by atoms with Crippen molar-refractivity contribution in [2.45, 2.75) is 74.4 Å². The summed E-state index contributed by atoms with van der Waals surface area (Å²) >= 11 is 1.69. The molecule has 3 fully saturated rings. The van der Waals surface area contributed by atoms with Crippen molar-refractivity contribution in [2.75, 3.05) is 0 Å². The van der Waals surface area contributed by atoms with Crippen molar-refractivity contribution in [2.24, 2.45) is 0 Å². The number of hydrogen-bond donors (Lipinski definition) is 1. The molecule has 3 aliphatic rings. The van der Waals surface area contributed by atoms with Crippen LogP contribution in [0.5, 0.6) is 0 Å². The largest absolute Gasteiger partial charge is 0.295 e. The summed E-state index contributed by atoms with van der Waals surface area (Å²) in [6.07, 6.45) is 7.51. The van der Waals surface area contributed by atoms with E-state index in [4.69, 9.17) is 0 Å². The molecule has 0 bridgehead atoms. The van der Waals surface area contributed by atoms with Crippen LogP contribution in [-0.2, 0) is 4.57 Å². The Morgan fingerprint density at radius 1 is 1.11 bits per heavy atom. The van der Waals surface area contributed by atoms with Gasteiger partial charge in [0, 0.05) is 34.7 Å². The highest BCUT2D eigenvalue weighted by Gasteiger charge is 2.48. The highest BCUT2D eigenvalue weighted by atomic mass is 32.7. The van der Waals surface area contributed by atoms with Gasteiger partial charge in [-0.3, -0.25) is 19.8 Å². The second kappa shape index (κ2) is 5.38. The van der Waals surface area contributed by atoms with E-state index in [-0.39, 0.29) is 10.6 Å². The maximum Gasteiger partial charge on any atom is 0.213 e. The predicted octanol–water partition coefficient (Wildman–Crippen LogP) is 3.42. The zero-order valence-corrected chi connectivity index (χ0v) is 12.7. The topological polar surface area (TPSA) is 72.2 Å². The van der Waals surface area contributed by atoms with Gasteiger partial charge in [-0.1, -0.05) is 24.2 Å². The van der Waals surface area contributed by atoms with Crippen LogP contribution in [0, 0.1) is 10.1 Å². The summed E-state index contributed by atoms with van der Waals surface area (Å²) in [4.78, 5) is 10.6. The summed E-state index contributed by atoms with van der Waals surface area (Å²) in [5.74, 6) is 0. The van der Waals surface area contributed by atoms with Crippen molar-refractivity contribution in [3.63, 3.8) is 0 Å². The quantitative estimate of drug-likeness (QED) is 0.481. The van der Waals surface area contributed by atoms with E-state index in [2.05, 4.69) is 5.09 Å². The Labute approximate surface area is 117 Å². The molecule has 1 N–H and O–H groups in total. The van der Waals surface area contributed by atoms with E-state index >= 15 is 0 Å². The molecule has 0 aromatic heterocycles. The van der Waals surface area contributed by atoms with Gasteiger partial charge in [-0.15, -0.1) is 0 Å². The van der Waals surface area contributed by atoms with Gasteiger partial charge >= 0.3 is 0 Å². The van der Waals surface area contributed by atoms with E-state index in [0.717, 1.165) is 19.3 Å². The highest BCUT2D eigenvalue weighted by molar-refractivity contribution is 8.58. The normalized spacial score (nSPS) is 46.7. The first-order valence-electron chi connectivity index (χ1n) is 7.28. The predicted molar refractivity (Wildman–Crippen MR) is 77.4 cm³/mol. The van der Waals surface area contributed by atoms with Crippen LogP contribution in [-0.4, -0.2) is 27.9 Å². The number of nitrogens with one attached hydrogen (secondary N) is 1. The third-order valence-corrected chi connectivity index (χ3v) is 11.1. The molecular weight excluding hydrogens is 283 g/mol. The molecule has 2 saturated carbocycles. The molecule has 1 saturated heterocycles. The molecule has 1 heterocycles. The van der Waals surface area contributed by atoms with Crippen LogP contribution in [0.25, 0.3) is 0 Å². The molecule has 0 aromatic carbocycles. The van der Waals surface area contributed by atoms with E-state index in [9.17, 15) is 14.7 Å². The molecule has 0 aromatic rings. The molecule has 0 amide bonds. The molecule has 2 aliphatic carbocycles. The standard InChI is InChI=1S/C12H21N2O3PS/c15-14(16)9-5-7-10(8-6-9)18(17)13-11-3-1-2-4-12(11)19-18/h9-12H,1-8H2,(H,13,17). The Balaban J connectivity index is 1.63. The lowest BCUT2D eigenvalue weighted by Gasteiger charge is -2.28. The Hall–Kier alpha value is -0.0600. The van der Waals surface area contributed by atoms with Crippen molar-refractivity contribution >= 4 is 17.9 Å². The average Bonchev–Trinajstić information content (AvgIpc) is 2.76. The molecule has 0 radical (unpaired) electrons. The van der Waals surface area contributed by atoms with Gasteiger partial charge in [-0.2, -0.15) is 0 Å². The van der Waals surface area contributed by atoms with Gasteiger partial charge in [0.25, 0.3) is 0 Å². The summed E-state index contributed by atoms with van der Waals surface area (Å²) in [5, 5.41) is 14.7. The minimum atomic E-state index is -2.36. The first-order chi connectivity index (χ1) is 9.08. The van der Waals surface area contributed by atoms with E-state index in [1.807, 2.05) is 0 Å². The summed E-state index contributed by atoms with van der Waals surface area (Å²) in [6.45, 7) is -2.36. The maximum absolute atomic E-state index is 13.1. The number of nitrogens with zero attached hydrogens (tertiary/aromatic N) is 1. The Morgan fingerprint density at radius 2 is 1.79 bits per heavy atom. The lowest BCUT2D eigenvalue weighted by atomic mass is 9.95. The average molecular weight is 304 g/mol. The summed E-state index contributed by atoms with van der Waals surface area (Å²) in [7, 11) is 0. The van der Waals surface area contributed by atoms with Crippen LogP contribution in [0.2, 0.25) is 0 Å². The van der Waals surface area contributed by atoms with Crippen molar-refractivity contribution in [1.29, 1.82) is 0 Å². The van der Waals surface area contributed by atoms with E-state index in [1.165, 1.54) is 19.3 Å². The number of rotatable bonds is 2. The van der Waals surface area contributed by atoms with Gasteiger partial charge in [0.15, 0.2) is 0 Å². The zero-order valence-electron chi connectivity index (χ0n) is 11.0. The van der Waals surface area contributed by atoms with Crippen LogP contribution < -0.4 is 5.09 Å². The first-order valence-corrected chi connectivity index (χ1v) is 10.5. The number of nitro groups is 1. The van der Waals surface area contributed by atoms with Crippen LogP contribution in [0.3, 0.4) is 0 Å². The molecule has 5 nitrogen and oxygen atoms in total. The van der Waals surface area contributed by atoms with Crippen LogP contribution in [0.1, 0.15) is 51.4 Å². The third-order valence-electron chi connectivity index (χ3n) is 4.79.